The van der Waals surface area contributed by atoms with Crippen molar-refractivity contribution in [1.82, 2.24) is 0 Å². The Hall–Kier alpha value is -1.31. The average Bonchev–Trinajstić information content (AvgIpc) is 2.29. The Labute approximate surface area is 91.3 Å². The molecule has 0 saturated heterocycles. The summed E-state index contributed by atoms with van der Waals surface area (Å²) in [6.07, 6.45) is 0.367. The van der Waals surface area contributed by atoms with Crippen LogP contribution in [-0.2, 0) is 9.53 Å². The minimum absolute atomic E-state index is 0.0696. The third-order valence-corrected chi connectivity index (χ3v) is 2.64. The predicted molar refractivity (Wildman–Crippen MR) is 60.7 cm³/mol. The first-order chi connectivity index (χ1) is 7.15. The van der Waals surface area contributed by atoms with Gasteiger partial charge in [-0.2, -0.15) is 0 Å². The first kappa shape index (κ1) is 11.8. The summed E-state index contributed by atoms with van der Waals surface area (Å²) in [6.45, 7) is 5.82. The quantitative estimate of drug-likeness (QED) is 0.707. The van der Waals surface area contributed by atoms with E-state index in [2.05, 4.69) is 19.1 Å². The molecule has 2 unspecified atom stereocenters. The summed E-state index contributed by atoms with van der Waals surface area (Å²) in [7, 11) is 0. The molecule has 0 amide bonds. The Morgan fingerprint density at radius 2 is 1.87 bits per heavy atom. The van der Waals surface area contributed by atoms with Crippen LogP contribution in [0.1, 0.15) is 38.7 Å². The molecule has 0 aliphatic heterocycles. The van der Waals surface area contributed by atoms with E-state index in [-0.39, 0.29) is 18.0 Å². The second-order valence-corrected chi connectivity index (χ2v) is 3.75. The van der Waals surface area contributed by atoms with E-state index >= 15 is 0 Å². The highest BCUT2D eigenvalue weighted by atomic mass is 16.5. The van der Waals surface area contributed by atoms with E-state index in [1.54, 1.807) is 0 Å². The second-order valence-electron chi connectivity index (χ2n) is 3.75. The van der Waals surface area contributed by atoms with Crippen molar-refractivity contribution in [2.24, 2.45) is 0 Å². The molecule has 0 N–H and O–H groups in total. The lowest BCUT2D eigenvalue weighted by Crippen LogP contribution is -2.20. The molecule has 2 heteroatoms. The van der Waals surface area contributed by atoms with Gasteiger partial charge in [-0.3, -0.25) is 4.79 Å². The predicted octanol–water partition coefficient (Wildman–Crippen LogP) is 3.13. The molecule has 0 fully saturated rings. The zero-order valence-corrected chi connectivity index (χ0v) is 9.57. The van der Waals surface area contributed by atoms with Gasteiger partial charge in [0.1, 0.15) is 6.10 Å². The van der Waals surface area contributed by atoms with E-state index in [9.17, 15) is 4.79 Å². The molecule has 2 atom stereocenters. The van der Waals surface area contributed by atoms with Gasteiger partial charge in [-0.15, -0.1) is 0 Å². The monoisotopic (exact) mass is 206 g/mol. The van der Waals surface area contributed by atoms with Crippen molar-refractivity contribution in [2.45, 2.75) is 39.2 Å². The van der Waals surface area contributed by atoms with E-state index in [4.69, 9.17) is 4.74 Å². The molecule has 0 spiro atoms. The first-order valence-corrected chi connectivity index (χ1v) is 5.39. The van der Waals surface area contributed by atoms with Crippen LogP contribution in [0.5, 0.6) is 0 Å². The molecular formula is C13H18O2. The summed E-state index contributed by atoms with van der Waals surface area (Å²) >= 11 is 0. The smallest absolute Gasteiger partial charge is 0.305 e. The van der Waals surface area contributed by atoms with Gasteiger partial charge in [0.05, 0.1) is 0 Å². The van der Waals surface area contributed by atoms with Crippen molar-refractivity contribution in [3.05, 3.63) is 35.9 Å². The maximum atomic E-state index is 11.1. The van der Waals surface area contributed by atoms with Gasteiger partial charge < -0.3 is 4.74 Å². The Kier molecular flexibility index (Phi) is 4.35. The normalized spacial score (nSPS) is 14.3. The van der Waals surface area contributed by atoms with Gasteiger partial charge in [0.25, 0.3) is 0 Å². The highest BCUT2D eigenvalue weighted by molar-refractivity contribution is 5.69. The number of ether oxygens (including phenoxy) is 1. The molecule has 0 saturated carbocycles. The minimum atomic E-state index is -0.134. The van der Waals surface area contributed by atoms with E-state index < -0.39 is 0 Å². The van der Waals surface area contributed by atoms with Crippen LogP contribution in [0.25, 0.3) is 0 Å². The zero-order valence-electron chi connectivity index (χ0n) is 9.57. The Morgan fingerprint density at radius 3 is 2.40 bits per heavy atom. The highest BCUT2D eigenvalue weighted by Crippen LogP contribution is 2.21. The standard InChI is InChI=1S/C13H18O2/c1-4-13(14)15-11(3)10(2)12-8-6-5-7-9-12/h5-11H,4H2,1-3H3. The number of carbonyl (C=O) groups is 1. The van der Waals surface area contributed by atoms with Crippen molar-refractivity contribution in [2.75, 3.05) is 0 Å². The van der Waals surface area contributed by atoms with E-state index in [1.165, 1.54) is 5.56 Å². The average molecular weight is 206 g/mol. The van der Waals surface area contributed by atoms with Crippen molar-refractivity contribution in [1.29, 1.82) is 0 Å². The Balaban J connectivity index is 2.61. The van der Waals surface area contributed by atoms with Gasteiger partial charge in [-0.1, -0.05) is 44.2 Å². The largest absolute Gasteiger partial charge is 0.462 e. The SMILES string of the molecule is CCC(=O)OC(C)C(C)c1ccccc1. The van der Waals surface area contributed by atoms with Crippen LogP contribution in [0.15, 0.2) is 30.3 Å². The van der Waals surface area contributed by atoms with Crippen LogP contribution in [0.3, 0.4) is 0 Å². The topological polar surface area (TPSA) is 26.3 Å². The molecule has 0 radical (unpaired) electrons. The van der Waals surface area contributed by atoms with Gasteiger partial charge in [0.15, 0.2) is 0 Å². The van der Waals surface area contributed by atoms with Crippen LogP contribution >= 0.6 is 0 Å². The number of esters is 1. The van der Waals surface area contributed by atoms with Gasteiger partial charge in [0.2, 0.25) is 0 Å². The molecule has 0 bridgehead atoms. The summed E-state index contributed by atoms with van der Waals surface area (Å²) in [5.74, 6) is 0.104. The fourth-order valence-corrected chi connectivity index (χ4v) is 1.42. The molecule has 15 heavy (non-hydrogen) atoms. The van der Waals surface area contributed by atoms with Crippen LogP contribution in [0.2, 0.25) is 0 Å². The zero-order chi connectivity index (χ0) is 11.3. The molecule has 1 aromatic carbocycles. The number of benzene rings is 1. The number of hydrogen-bond acceptors (Lipinski definition) is 2. The number of carbonyl (C=O) groups excluding carboxylic acids is 1. The molecule has 0 heterocycles. The van der Waals surface area contributed by atoms with E-state index in [0.29, 0.717) is 6.42 Å². The molecule has 0 aliphatic carbocycles. The first-order valence-electron chi connectivity index (χ1n) is 5.39. The van der Waals surface area contributed by atoms with Crippen molar-refractivity contribution in [3.63, 3.8) is 0 Å². The van der Waals surface area contributed by atoms with E-state index in [0.717, 1.165) is 0 Å². The summed E-state index contributed by atoms with van der Waals surface area (Å²) in [5.41, 5.74) is 1.20. The lowest BCUT2D eigenvalue weighted by Gasteiger charge is -2.20. The van der Waals surface area contributed by atoms with Gasteiger partial charge in [-0.05, 0) is 12.5 Å². The maximum Gasteiger partial charge on any atom is 0.305 e. The molecule has 1 rings (SSSR count). The minimum Gasteiger partial charge on any atom is -0.462 e. The molecule has 1 aromatic rings. The fourth-order valence-electron chi connectivity index (χ4n) is 1.42. The Bertz CT molecular complexity index is 306. The third kappa shape index (κ3) is 3.39. The van der Waals surface area contributed by atoms with Crippen LogP contribution in [0, 0.1) is 0 Å². The van der Waals surface area contributed by atoms with Crippen LogP contribution in [0.4, 0.5) is 0 Å². The highest BCUT2D eigenvalue weighted by Gasteiger charge is 2.17. The van der Waals surface area contributed by atoms with Crippen LogP contribution < -0.4 is 0 Å². The van der Waals surface area contributed by atoms with Crippen molar-refractivity contribution in [3.8, 4) is 0 Å². The fraction of sp³-hybridized carbons (Fsp3) is 0.462. The molecule has 0 aliphatic rings. The summed E-state index contributed by atoms with van der Waals surface area (Å²) in [5, 5.41) is 0. The number of rotatable bonds is 4. The van der Waals surface area contributed by atoms with Gasteiger partial charge in [-0.25, -0.2) is 0 Å². The summed E-state index contributed by atoms with van der Waals surface area (Å²) in [6, 6.07) is 10.1. The van der Waals surface area contributed by atoms with Gasteiger partial charge >= 0.3 is 5.97 Å². The third-order valence-electron chi connectivity index (χ3n) is 2.64. The van der Waals surface area contributed by atoms with Crippen molar-refractivity contribution >= 4 is 5.97 Å². The molecular weight excluding hydrogens is 188 g/mol. The second kappa shape index (κ2) is 5.54. The Morgan fingerprint density at radius 1 is 1.27 bits per heavy atom. The lowest BCUT2D eigenvalue weighted by molar-refractivity contribution is -0.148. The molecule has 82 valence electrons. The maximum absolute atomic E-state index is 11.1. The molecule has 0 aromatic heterocycles. The molecule has 2 nitrogen and oxygen atoms in total. The summed E-state index contributed by atoms with van der Waals surface area (Å²) < 4.78 is 5.28. The van der Waals surface area contributed by atoms with E-state index in [1.807, 2.05) is 32.0 Å². The van der Waals surface area contributed by atoms with Gasteiger partial charge in [0, 0.05) is 12.3 Å². The summed E-state index contributed by atoms with van der Waals surface area (Å²) in [4.78, 5) is 11.1. The van der Waals surface area contributed by atoms with Crippen molar-refractivity contribution < 1.29 is 9.53 Å². The van der Waals surface area contributed by atoms with Crippen LogP contribution in [-0.4, -0.2) is 12.1 Å². The number of hydrogen-bond donors (Lipinski definition) is 0. The lowest BCUT2D eigenvalue weighted by atomic mass is 9.96.